The van der Waals surface area contributed by atoms with Gasteiger partial charge in [0.2, 0.25) is 5.95 Å². The van der Waals surface area contributed by atoms with Crippen molar-refractivity contribution < 1.29 is 4.79 Å². The maximum Gasteiger partial charge on any atom is 0.271 e. The molecule has 1 amide bonds. The van der Waals surface area contributed by atoms with Crippen molar-refractivity contribution in [3.63, 3.8) is 0 Å². The molecule has 1 aromatic carbocycles. The number of hydrogen-bond acceptors (Lipinski definition) is 6. The third-order valence-corrected chi connectivity index (χ3v) is 5.17. The molecule has 3 aromatic rings. The summed E-state index contributed by atoms with van der Waals surface area (Å²) in [6, 6.07) is 10.8. The van der Waals surface area contributed by atoms with Crippen LogP contribution < -0.4 is 21.5 Å². The van der Waals surface area contributed by atoms with Gasteiger partial charge in [-0.05, 0) is 62.6 Å². The molecule has 4 rings (SSSR count). The number of hydrogen-bond donors (Lipinski definition) is 3. The molecular weight excluding hydrogens is 380 g/mol. The lowest BCUT2D eigenvalue weighted by Gasteiger charge is -2.28. The fourth-order valence-corrected chi connectivity index (χ4v) is 3.63. The smallest absolute Gasteiger partial charge is 0.271 e. The van der Waals surface area contributed by atoms with Gasteiger partial charge in [0, 0.05) is 41.8 Å². The molecule has 1 aliphatic heterocycles. The van der Waals surface area contributed by atoms with Crippen molar-refractivity contribution >= 4 is 23.2 Å². The predicted octanol–water partition coefficient (Wildman–Crippen LogP) is 2.97. The SMILES string of the molecule is Cc1cc(-c2c[nH]c(=O)c(NC(=O)c3ccc(N4CCCCC4)cc3)c2)nc(N)n1. The van der Waals surface area contributed by atoms with Crippen LogP contribution in [0.2, 0.25) is 0 Å². The molecule has 1 fully saturated rings. The van der Waals surface area contributed by atoms with E-state index in [1.807, 2.05) is 19.1 Å². The highest BCUT2D eigenvalue weighted by molar-refractivity contribution is 6.04. The van der Waals surface area contributed by atoms with Crippen LogP contribution in [0.1, 0.15) is 35.3 Å². The Bertz CT molecular complexity index is 1100. The van der Waals surface area contributed by atoms with E-state index in [2.05, 4.69) is 25.2 Å². The maximum atomic E-state index is 12.7. The zero-order valence-electron chi connectivity index (χ0n) is 16.8. The Labute approximate surface area is 174 Å². The number of anilines is 3. The summed E-state index contributed by atoms with van der Waals surface area (Å²) in [5, 5.41) is 2.69. The lowest BCUT2D eigenvalue weighted by atomic mass is 10.1. The number of nitrogen functional groups attached to an aromatic ring is 1. The Morgan fingerprint density at radius 1 is 1.10 bits per heavy atom. The summed E-state index contributed by atoms with van der Waals surface area (Å²) in [5.74, 6) is -0.197. The monoisotopic (exact) mass is 404 g/mol. The number of benzene rings is 1. The number of piperidine rings is 1. The minimum Gasteiger partial charge on any atom is -0.372 e. The molecule has 0 saturated carbocycles. The third kappa shape index (κ3) is 4.32. The van der Waals surface area contributed by atoms with Crippen molar-refractivity contribution in [1.29, 1.82) is 0 Å². The van der Waals surface area contributed by atoms with Gasteiger partial charge in [-0.2, -0.15) is 0 Å². The first-order valence-electron chi connectivity index (χ1n) is 10.0. The molecule has 1 saturated heterocycles. The molecule has 0 unspecified atom stereocenters. The van der Waals surface area contributed by atoms with Gasteiger partial charge in [-0.3, -0.25) is 9.59 Å². The van der Waals surface area contributed by atoms with E-state index in [1.165, 1.54) is 25.5 Å². The van der Waals surface area contributed by atoms with Crippen LogP contribution in [-0.4, -0.2) is 33.9 Å². The van der Waals surface area contributed by atoms with E-state index in [9.17, 15) is 9.59 Å². The minimum atomic E-state index is -0.393. The van der Waals surface area contributed by atoms with Crippen LogP contribution in [0.4, 0.5) is 17.3 Å². The number of amides is 1. The molecule has 8 nitrogen and oxygen atoms in total. The van der Waals surface area contributed by atoms with Crippen molar-refractivity contribution in [2.45, 2.75) is 26.2 Å². The summed E-state index contributed by atoms with van der Waals surface area (Å²) in [4.78, 5) is 38.1. The Hall–Kier alpha value is -3.68. The summed E-state index contributed by atoms with van der Waals surface area (Å²) in [6.45, 7) is 3.89. The maximum absolute atomic E-state index is 12.7. The van der Waals surface area contributed by atoms with Crippen LogP contribution in [0.5, 0.6) is 0 Å². The number of aryl methyl sites for hydroxylation is 1. The standard InChI is InChI=1S/C22H24N6O2/c1-14-11-18(27-22(23)25-14)16-12-19(21(30)24-13-16)26-20(29)15-5-7-17(8-6-15)28-9-3-2-4-10-28/h5-8,11-13H,2-4,9-10H2,1H3,(H,24,30)(H,26,29)(H2,23,25,27). The Morgan fingerprint density at radius 3 is 2.53 bits per heavy atom. The van der Waals surface area contributed by atoms with Crippen molar-refractivity contribution in [2.24, 2.45) is 0 Å². The molecule has 4 N–H and O–H groups in total. The Kier molecular flexibility index (Phi) is 5.47. The number of pyridine rings is 1. The zero-order valence-corrected chi connectivity index (χ0v) is 16.8. The second-order valence-corrected chi connectivity index (χ2v) is 7.43. The van der Waals surface area contributed by atoms with Crippen molar-refractivity contribution in [2.75, 3.05) is 29.0 Å². The fraction of sp³-hybridized carbons (Fsp3) is 0.273. The third-order valence-electron chi connectivity index (χ3n) is 5.17. The molecule has 0 bridgehead atoms. The topological polar surface area (TPSA) is 117 Å². The van der Waals surface area contributed by atoms with Crippen LogP contribution in [0.15, 0.2) is 47.4 Å². The summed E-state index contributed by atoms with van der Waals surface area (Å²) in [5.41, 5.74) is 8.98. The Balaban J connectivity index is 1.53. The molecule has 8 heteroatoms. The van der Waals surface area contributed by atoms with E-state index >= 15 is 0 Å². The minimum absolute atomic E-state index is 0.146. The summed E-state index contributed by atoms with van der Waals surface area (Å²) < 4.78 is 0. The second kappa shape index (κ2) is 8.36. The van der Waals surface area contributed by atoms with Crippen LogP contribution >= 0.6 is 0 Å². The van der Waals surface area contributed by atoms with Gasteiger partial charge >= 0.3 is 0 Å². The summed E-state index contributed by atoms with van der Waals surface area (Å²) >= 11 is 0. The highest BCUT2D eigenvalue weighted by atomic mass is 16.2. The highest BCUT2D eigenvalue weighted by Gasteiger charge is 2.14. The first-order valence-corrected chi connectivity index (χ1v) is 10.0. The lowest BCUT2D eigenvalue weighted by molar-refractivity contribution is 0.102. The molecule has 0 aliphatic carbocycles. The average molecular weight is 404 g/mol. The zero-order chi connectivity index (χ0) is 21.1. The van der Waals surface area contributed by atoms with E-state index in [4.69, 9.17) is 5.73 Å². The highest BCUT2D eigenvalue weighted by Crippen LogP contribution is 2.22. The number of carbonyl (C=O) groups excluding carboxylic acids is 1. The predicted molar refractivity (Wildman–Crippen MR) is 118 cm³/mol. The average Bonchev–Trinajstić information content (AvgIpc) is 2.75. The van der Waals surface area contributed by atoms with E-state index in [-0.39, 0.29) is 17.5 Å². The van der Waals surface area contributed by atoms with Gasteiger partial charge in [-0.15, -0.1) is 0 Å². The number of nitrogens with zero attached hydrogens (tertiary/aromatic N) is 3. The van der Waals surface area contributed by atoms with Crippen LogP contribution in [0.25, 0.3) is 11.3 Å². The van der Waals surface area contributed by atoms with Crippen molar-refractivity contribution in [3.8, 4) is 11.3 Å². The molecule has 30 heavy (non-hydrogen) atoms. The molecule has 0 spiro atoms. The van der Waals surface area contributed by atoms with Gasteiger partial charge in [-0.1, -0.05) is 0 Å². The number of nitrogens with two attached hydrogens (primary N) is 1. The number of rotatable bonds is 4. The molecule has 0 atom stereocenters. The van der Waals surface area contributed by atoms with Gasteiger partial charge in [-0.25, -0.2) is 9.97 Å². The van der Waals surface area contributed by atoms with Gasteiger partial charge in [0.05, 0.1) is 5.69 Å². The second-order valence-electron chi connectivity index (χ2n) is 7.43. The summed E-state index contributed by atoms with van der Waals surface area (Å²) in [7, 11) is 0. The van der Waals surface area contributed by atoms with E-state index in [1.54, 1.807) is 24.3 Å². The Morgan fingerprint density at radius 2 is 1.83 bits per heavy atom. The number of aromatic amines is 1. The molecule has 2 aromatic heterocycles. The van der Waals surface area contributed by atoms with E-state index in [0.29, 0.717) is 22.5 Å². The van der Waals surface area contributed by atoms with E-state index < -0.39 is 5.56 Å². The quantitative estimate of drug-likeness (QED) is 0.615. The molecule has 1 aliphatic rings. The van der Waals surface area contributed by atoms with Crippen LogP contribution in [0, 0.1) is 6.92 Å². The number of H-pyrrole nitrogens is 1. The van der Waals surface area contributed by atoms with E-state index in [0.717, 1.165) is 18.8 Å². The van der Waals surface area contributed by atoms with Gasteiger partial charge in [0.25, 0.3) is 11.5 Å². The van der Waals surface area contributed by atoms with Crippen molar-refractivity contribution in [3.05, 3.63) is 64.2 Å². The van der Waals surface area contributed by atoms with Gasteiger partial charge in [0.1, 0.15) is 5.69 Å². The first kappa shape index (κ1) is 19.6. The number of nitrogens with one attached hydrogen (secondary N) is 2. The molecule has 154 valence electrons. The van der Waals surface area contributed by atoms with Gasteiger partial charge in [0.15, 0.2) is 0 Å². The normalized spacial score (nSPS) is 13.8. The molecular formula is C22H24N6O2. The first-order chi connectivity index (χ1) is 14.5. The molecule has 0 radical (unpaired) electrons. The largest absolute Gasteiger partial charge is 0.372 e. The lowest BCUT2D eigenvalue weighted by Crippen LogP contribution is -2.29. The van der Waals surface area contributed by atoms with Crippen LogP contribution in [-0.2, 0) is 0 Å². The van der Waals surface area contributed by atoms with Crippen molar-refractivity contribution in [1.82, 2.24) is 15.0 Å². The summed E-state index contributed by atoms with van der Waals surface area (Å²) in [6.07, 6.45) is 5.19. The number of carbonyl (C=O) groups is 1. The van der Waals surface area contributed by atoms with Gasteiger partial charge < -0.3 is 20.9 Å². The fourth-order valence-electron chi connectivity index (χ4n) is 3.63. The molecule has 3 heterocycles. The van der Waals surface area contributed by atoms with Crippen LogP contribution in [0.3, 0.4) is 0 Å². The number of aromatic nitrogens is 3.